The van der Waals surface area contributed by atoms with Crippen LogP contribution in [-0.4, -0.2) is 0 Å². The second kappa shape index (κ2) is 15.4. The van der Waals surface area contributed by atoms with E-state index >= 15 is 0 Å². The Bertz CT molecular complexity index is 3330. The number of hydrogen-bond donors (Lipinski definition) is 0. The molecule has 0 amide bonds. The predicted molar refractivity (Wildman–Crippen MR) is 272 cm³/mol. The Morgan fingerprint density at radius 1 is 0.262 bits per heavy atom. The third kappa shape index (κ3) is 6.22. The van der Waals surface area contributed by atoms with E-state index in [1.54, 1.807) is 0 Å². The zero-order valence-corrected chi connectivity index (χ0v) is 36.6. The summed E-state index contributed by atoms with van der Waals surface area (Å²) in [4.78, 5) is 2.39. The van der Waals surface area contributed by atoms with Gasteiger partial charge in [-0.25, -0.2) is 0 Å². The van der Waals surface area contributed by atoms with Crippen molar-refractivity contribution in [3.05, 3.63) is 282 Å². The van der Waals surface area contributed by atoms with E-state index in [2.05, 4.69) is 267 Å². The molecule has 0 aromatic heterocycles. The molecule has 0 saturated heterocycles. The Morgan fingerprint density at radius 3 is 1.42 bits per heavy atom. The van der Waals surface area contributed by atoms with E-state index in [-0.39, 0.29) is 5.41 Å². The van der Waals surface area contributed by atoms with Gasteiger partial charge in [0.25, 0.3) is 0 Å². The Balaban J connectivity index is 0.985. The topological polar surface area (TPSA) is 3.24 Å². The fraction of sp³-hybridized carbons (Fsp3) is 0.0625. The first-order valence-corrected chi connectivity index (χ1v) is 22.7. The summed E-state index contributed by atoms with van der Waals surface area (Å²) in [5.41, 5.74) is 23.1. The van der Waals surface area contributed by atoms with Crippen LogP contribution in [0.2, 0.25) is 0 Å². The van der Waals surface area contributed by atoms with Gasteiger partial charge in [-0.1, -0.05) is 208 Å². The van der Waals surface area contributed by atoms with E-state index in [4.69, 9.17) is 0 Å². The molecule has 0 heterocycles. The lowest BCUT2D eigenvalue weighted by atomic mass is 9.67. The molecule has 10 aromatic carbocycles. The van der Waals surface area contributed by atoms with Crippen molar-refractivity contribution >= 4 is 17.1 Å². The van der Waals surface area contributed by atoms with Gasteiger partial charge in [0.15, 0.2) is 0 Å². The molecule has 0 fully saturated rings. The van der Waals surface area contributed by atoms with E-state index < -0.39 is 5.41 Å². The molecule has 308 valence electrons. The molecule has 0 unspecified atom stereocenters. The minimum absolute atomic E-state index is 0.0453. The molecule has 10 aromatic rings. The Morgan fingerprint density at radius 2 is 0.708 bits per heavy atom. The third-order valence-electron chi connectivity index (χ3n) is 14.2. The fourth-order valence-corrected chi connectivity index (χ4v) is 11.0. The van der Waals surface area contributed by atoms with Crippen molar-refractivity contribution in [2.45, 2.75) is 24.7 Å². The van der Waals surface area contributed by atoms with Crippen molar-refractivity contribution in [1.82, 2.24) is 0 Å². The van der Waals surface area contributed by atoms with Crippen LogP contribution in [0.25, 0.3) is 55.6 Å². The average Bonchev–Trinajstić information content (AvgIpc) is 3.80. The van der Waals surface area contributed by atoms with Crippen molar-refractivity contribution in [2.75, 3.05) is 4.90 Å². The number of anilines is 3. The maximum absolute atomic E-state index is 2.47. The standard InChI is InChI=1S/C64H47N/c1-63(2)59-29-16-15-28-55(59)58-43-54(36-39-60(58)63)65(52-26-13-6-14-27-52)53-34-30-45(31-35-53)49-32-37-56-57-41-48(47-21-17-20-46(40-47)44-18-7-3-8-19-44)33-38-61(57)64(62(56)42-49,50-22-9-4-10-23-50)51-24-11-5-12-25-51/h3-43H,1-2H3. The highest BCUT2D eigenvalue weighted by Crippen LogP contribution is 2.58. The zero-order valence-electron chi connectivity index (χ0n) is 36.6. The van der Waals surface area contributed by atoms with Gasteiger partial charge in [-0.05, 0) is 144 Å². The summed E-state index contributed by atoms with van der Waals surface area (Å²) in [6, 6.07) is 92.0. The quantitative estimate of drug-likeness (QED) is 0.147. The van der Waals surface area contributed by atoms with Crippen molar-refractivity contribution in [3.8, 4) is 55.6 Å². The average molecular weight is 830 g/mol. The van der Waals surface area contributed by atoms with Crippen LogP contribution in [0, 0.1) is 0 Å². The van der Waals surface area contributed by atoms with Crippen LogP contribution in [0.1, 0.15) is 47.2 Å². The van der Waals surface area contributed by atoms with Gasteiger partial charge < -0.3 is 4.90 Å². The van der Waals surface area contributed by atoms with E-state index in [0.717, 1.165) is 17.1 Å². The minimum atomic E-state index is -0.515. The molecular formula is C64H47N. The van der Waals surface area contributed by atoms with Crippen molar-refractivity contribution < 1.29 is 0 Å². The summed E-state index contributed by atoms with van der Waals surface area (Å²) in [5.74, 6) is 0. The Kier molecular flexibility index (Phi) is 9.14. The summed E-state index contributed by atoms with van der Waals surface area (Å²) < 4.78 is 0. The first kappa shape index (κ1) is 38.7. The first-order chi connectivity index (χ1) is 32.0. The highest BCUT2D eigenvalue weighted by Gasteiger charge is 2.46. The van der Waals surface area contributed by atoms with Gasteiger partial charge >= 0.3 is 0 Å². The summed E-state index contributed by atoms with van der Waals surface area (Å²) in [5, 5.41) is 0. The lowest BCUT2D eigenvalue weighted by molar-refractivity contribution is 0.660. The van der Waals surface area contributed by atoms with Crippen LogP contribution in [0.4, 0.5) is 17.1 Å². The van der Waals surface area contributed by atoms with Crippen molar-refractivity contribution in [1.29, 1.82) is 0 Å². The van der Waals surface area contributed by atoms with E-state index in [1.807, 2.05) is 0 Å². The third-order valence-corrected chi connectivity index (χ3v) is 14.2. The van der Waals surface area contributed by atoms with Crippen LogP contribution in [0.15, 0.2) is 249 Å². The molecule has 0 radical (unpaired) electrons. The molecule has 0 aliphatic heterocycles. The zero-order chi connectivity index (χ0) is 43.5. The Labute approximate surface area is 382 Å². The molecular weight excluding hydrogens is 783 g/mol. The number of fused-ring (bicyclic) bond motifs is 6. The number of benzene rings is 10. The SMILES string of the molecule is CC1(C)c2ccccc2-c2cc(N(c3ccccc3)c3ccc(-c4ccc5c(c4)C(c4ccccc4)(c4ccccc4)c4ccc(-c6cccc(-c7ccccc7)c6)cc4-5)cc3)ccc21. The lowest BCUT2D eigenvalue weighted by Gasteiger charge is -2.34. The van der Waals surface area contributed by atoms with Crippen LogP contribution < -0.4 is 4.90 Å². The summed E-state index contributed by atoms with van der Waals surface area (Å²) >= 11 is 0. The molecule has 1 nitrogen and oxygen atoms in total. The normalized spacial score (nSPS) is 13.6. The summed E-state index contributed by atoms with van der Waals surface area (Å²) in [7, 11) is 0. The van der Waals surface area contributed by atoms with E-state index in [9.17, 15) is 0 Å². The maximum Gasteiger partial charge on any atom is 0.0713 e. The fourth-order valence-electron chi connectivity index (χ4n) is 11.0. The first-order valence-electron chi connectivity index (χ1n) is 22.7. The minimum Gasteiger partial charge on any atom is -0.310 e. The monoisotopic (exact) mass is 829 g/mol. The second-order valence-corrected chi connectivity index (χ2v) is 18.1. The van der Waals surface area contributed by atoms with Gasteiger partial charge in [-0.2, -0.15) is 0 Å². The Hall–Kier alpha value is -8.00. The molecule has 0 bridgehead atoms. The molecule has 0 saturated carbocycles. The number of hydrogen-bond acceptors (Lipinski definition) is 1. The van der Waals surface area contributed by atoms with Gasteiger partial charge in [0.05, 0.1) is 5.41 Å². The molecule has 2 aliphatic rings. The summed E-state index contributed by atoms with van der Waals surface area (Å²) in [6.45, 7) is 4.69. The molecule has 0 atom stereocenters. The van der Waals surface area contributed by atoms with Crippen molar-refractivity contribution in [2.24, 2.45) is 0 Å². The molecule has 12 rings (SSSR count). The van der Waals surface area contributed by atoms with Crippen molar-refractivity contribution in [3.63, 3.8) is 0 Å². The van der Waals surface area contributed by atoms with E-state index in [1.165, 1.54) is 89.0 Å². The van der Waals surface area contributed by atoms with Gasteiger partial charge in [0.1, 0.15) is 0 Å². The van der Waals surface area contributed by atoms with Crippen LogP contribution in [0.3, 0.4) is 0 Å². The number of para-hydroxylation sites is 1. The number of rotatable bonds is 8. The molecule has 0 N–H and O–H groups in total. The largest absolute Gasteiger partial charge is 0.310 e. The van der Waals surface area contributed by atoms with Gasteiger partial charge in [0.2, 0.25) is 0 Å². The van der Waals surface area contributed by atoms with Gasteiger partial charge in [0, 0.05) is 22.5 Å². The predicted octanol–water partition coefficient (Wildman–Crippen LogP) is 16.8. The van der Waals surface area contributed by atoms with Crippen LogP contribution in [0.5, 0.6) is 0 Å². The molecule has 0 spiro atoms. The summed E-state index contributed by atoms with van der Waals surface area (Å²) in [6.07, 6.45) is 0. The highest BCUT2D eigenvalue weighted by molar-refractivity contribution is 5.92. The lowest BCUT2D eigenvalue weighted by Crippen LogP contribution is -2.28. The highest BCUT2D eigenvalue weighted by atomic mass is 15.1. The maximum atomic E-state index is 2.47. The molecule has 65 heavy (non-hydrogen) atoms. The molecule has 2 aliphatic carbocycles. The van der Waals surface area contributed by atoms with Gasteiger partial charge in [-0.15, -0.1) is 0 Å². The second-order valence-electron chi connectivity index (χ2n) is 18.1. The number of nitrogens with zero attached hydrogens (tertiary/aromatic N) is 1. The van der Waals surface area contributed by atoms with Crippen LogP contribution in [-0.2, 0) is 10.8 Å². The van der Waals surface area contributed by atoms with Crippen LogP contribution >= 0.6 is 0 Å². The smallest absolute Gasteiger partial charge is 0.0713 e. The van der Waals surface area contributed by atoms with E-state index in [0.29, 0.717) is 0 Å². The molecule has 1 heteroatoms. The van der Waals surface area contributed by atoms with Gasteiger partial charge in [-0.3, -0.25) is 0 Å².